The lowest BCUT2D eigenvalue weighted by atomic mass is 9.96. The van der Waals surface area contributed by atoms with E-state index >= 15 is 0 Å². The van der Waals surface area contributed by atoms with Crippen LogP contribution in [-0.2, 0) is 16.4 Å². The van der Waals surface area contributed by atoms with E-state index in [9.17, 15) is 8.42 Å². The number of sulfonamides is 1. The number of aromatic nitrogens is 1. The molecule has 2 N–H and O–H groups in total. The van der Waals surface area contributed by atoms with Crippen molar-refractivity contribution in [1.29, 1.82) is 0 Å². The number of rotatable bonds is 5. The molecule has 0 radical (unpaired) electrons. The summed E-state index contributed by atoms with van der Waals surface area (Å²) in [6, 6.07) is 10.1. The van der Waals surface area contributed by atoms with E-state index < -0.39 is 10.0 Å². The smallest absolute Gasteiger partial charge is 0.209 e. The zero-order chi connectivity index (χ0) is 16.3. The van der Waals surface area contributed by atoms with Gasteiger partial charge in [0.05, 0.1) is 11.9 Å². The molecule has 1 aromatic carbocycles. The molecule has 3 rings (SSSR count). The van der Waals surface area contributed by atoms with E-state index in [1.165, 1.54) is 6.26 Å². The van der Waals surface area contributed by atoms with Gasteiger partial charge in [-0.1, -0.05) is 30.3 Å². The molecule has 0 aliphatic carbocycles. The second-order valence-corrected chi connectivity index (χ2v) is 8.55. The van der Waals surface area contributed by atoms with Crippen LogP contribution in [0.4, 0.5) is 0 Å². The van der Waals surface area contributed by atoms with Crippen LogP contribution in [0.1, 0.15) is 18.5 Å². The quantitative estimate of drug-likeness (QED) is 0.865. The van der Waals surface area contributed by atoms with E-state index in [1.807, 2.05) is 18.2 Å². The van der Waals surface area contributed by atoms with Gasteiger partial charge < -0.3 is 5.32 Å². The molecule has 1 aliphatic rings. The van der Waals surface area contributed by atoms with Gasteiger partial charge in [0, 0.05) is 29.4 Å². The van der Waals surface area contributed by atoms with Crippen molar-refractivity contribution in [2.45, 2.75) is 31.3 Å². The molecular formula is C16H21N3O2S2. The third-order valence-electron chi connectivity index (χ3n) is 3.95. The van der Waals surface area contributed by atoms with E-state index in [0.717, 1.165) is 42.1 Å². The Balaban J connectivity index is 1.71. The maximum absolute atomic E-state index is 11.5. The Morgan fingerprint density at radius 3 is 2.87 bits per heavy atom. The van der Waals surface area contributed by atoms with Crippen LogP contribution in [0, 0.1) is 0 Å². The predicted molar refractivity (Wildman–Crippen MR) is 94.0 cm³/mol. The zero-order valence-corrected chi connectivity index (χ0v) is 14.7. The fourth-order valence-electron chi connectivity index (χ4n) is 2.92. The monoisotopic (exact) mass is 351 g/mol. The molecule has 124 valence electrons. The molecule has 0 bridgehead atoms. The Morgan fingerprint density at radius 1 is 1.35 bits per heavy atom. The van der Waals surface area contributed by atoms with E-state index in [2.05, 4.69) is 27.6 Å². The second-order valence-electron chi connectivity index (χ2n) is 5.91. The highest BCUT2D eigenvalue weighted by atomic mass is 32.2. The van der Waals surface area contributed by atoms with E-state index in [4.69, 9.17) is 4.98 Å². The first-order chi connectivity index (χ1) is 11.0. The molecule has 23 heavy (non-hydrogen) atoms. The molecule has 0 saturated carbocycles. The molecule has 1 aliphatic heterocycles. The van der Waals surface area contributed by atoms with Gasteiger partial charge in [-0.05, 0) is 19.4 Å². The minimum absolute atomic E-state index is 0.0689. The Bertz CT molecular complexity index is 744. The molecule has 7 heteroatoms. The fraction of sp³-hybridized carbons (Fsp3) is 0.438. The highest BCUT2D eigenvalue weighted by molar-refractivity contribution is 7.88. The maximum atomic E-state index is 11.5. The Kier molecular flexibility index (Phi) is 5.11. The first-order valence-electron chi connectivity index (χ1n) is 7.72. The normalized spacial score (nSPS) is 22.1. The largest absolute Gasteiger partial charge is 0.312 e. The van der Waals surface area contributed by atoms with Crippen molar-refractivity contribution < 1.29 is 8.42 Å². The van der Waals surface area contributed by atoms with Crippen molar-refractivity contribution in [2.24, 2.45) is 0 Å². The number of thiazole rings is 1. The van der Waals surface area contributed by atoms with Gasteiger partial charge >= 0.3 is 0 Å². The fourth-order valence-corrected chi connectivity index (χ4v) is 4.59. The number of hydrogen-bond acceptors (Lipinski definition) is 5. The molecule has 2 heterocycles. The second kappa shape index (κ2) is 7.09. The molecule has 0 amide bonds. The summed E-state index contributed by atoms with van der Waals surface area (Å²) in [5.74, 6) is 0. The SMILES string of the molecule is CS(=O)(=O)NC1CCCNC1Cc1csc(-c2ccccc2)n1. The van der Waals surface area contributed by atoms with Crippen LogP contribution in [-0.4, -0.2) is 38.3 Å². The maximum Gasteiger partial charge on any atom is 0.209 e. The Morgan fingerprint density at radius 2 is 2.13 bits per heavy atom. The molecule has 1 aromatic heterocycles. The lowest BCUT2D eigenvalue weighted by molar-refractivity contribution is 0.328. The van der Waals surface area contributed by atoms with Gasteiger partial charge in [-0.25, -0.2) is 18.1 Å². The van der Waals surface area contributed by atoms with Crippen LogP contribution in [0.2, 0.25) is 0 Å². The van der Waals surface area contributed by atoms with Gasteiger partial charge in [0.25, 0.3) is 0 Å². The highest BCUT2D eigenvalue weighted by Gasteiger charge is 2.27. The van der Waals surface area contributed by atoms with E-state index in [-0.39, 0.29) is 12.1 Å². The molecule has 2 aromatic rings. The topological polar surface area (TPSA) is 71.1 Å². The summed E-state index contributed by atoms with van der Waals surface area (Å²) in [5.41, 5.74) is 2.12. The van der Waals surface area contributed by atoms with Crippen LogP contribution in [0.5, 0.6) is 0 Å². The summed E-state index contributed by atoms with van der Waals surface area (Å²) in [5, 5.41) is 6.50. The van der Waals surface area contributed by atoms with Crippen molar-refractivity contribution in [2.75, 3.05) is 12.8 Å². The predicted octanol–water partition coefficient (Wildman–Crippen LogP) is 2.02. The Hall–Kier alpha value is -1.28. The van der Waals surface area contributed by atoms with Gasteiger partial charge in [-0.3, -0.25) is 0 Å². The Labute approximate surface area is 141 Å². The average molecular weight is 351 g/mol. The average Bonchev–Trinajstić information content (AvgIpc) is 2.97. The summed E-state index contributed by atoms with van der Waals surface area (Å²) < 4.78 is 25.8. The summed E-state index contributed by atoms with van der Waals surface area (Å²) in [4.78, 5) is 4.71. The molecular weight excluding hydrogens is 330 g/mol. The number of hydrogen-bond donors (Lipinski definition) is 2. The number of nitrogens with one attached hydrogen (secondary N) is 2. The third-order valence-corrected chi connectivity index (χ3v) is 5.62. The first-order valence-corrected chi connectivity index (χ1v) is 10.5. The van der Waals surface area contributed by atoms with Crippen LogP contribution in [0.3, 0.4) is 0 Å². The minimum Gasteiger partial charge on any atom is -0.312 e. The molecule has 2 unspecified atom stereocenters. The lowest BCUT2D eigenvalue weighted by Crippen LogP contribution is -2.54. The molecule has 1 fully saturated rings. The van der Waals surface area contributed by atoms with Crippen molar-refractivity contribution in [1.82, 2.24) is 15.0 Å². The molecule has 0 spiro atoms. The standard InChI is InChI=1S/C16H21N3O2S2/c1-23(20,21)19-14-8-5-9-17-15(14)10-13-11-22-16(18-13)12-6-3-2-4-7-12/h2-4,6-7,11,14-15,17,19H,5,8-10H2,1H3. The number of nitrogens with zero attached hydrogens (tertiary/aromatic N) is 1. The third kappa shape index (κ3) is 4.60. The van der Waals surface area contributed by atoms with Crippen molar-refractivity contribution in [3.8, 4) is 10.6 Å². The van der Waals surface area contributed by atoms with E-state index in [0.29, 0.717) is 0 Å². The number of benzene rings is 1. The zero-order valence-electron chi connectivity index (χ0n) is 13.0. The van der Waals surface area contributed by atoms with Gasteiger partial charge in [0.2, 0.25) is 10.0 Å². The summed E-state index contributed by atoms with van der Waals surface area (Å²) in [6.45, 7) is 0.919. The van der Waals surface area contributed by atoms with Gasteiger partial charge in [0.15, 0.2) is 0 Å². The highest BCUT2D eigenvalue weighted by Crippen LogP contribution is 2.24. The molecule has 2 atom stereocenters. The van der Waals surface area contributed by atoms with Crippen molar-refractivity contribution in [3.05, 3.63) is 41.4 Å². The molecule has 5 nitrogen and oxygen atoms in total. The van der Waals surface area contributed by atoms with Crippen LogP contribution >= 0.6 is 11.3 Å². The van der Waals surface area contributed by atoms with Gasteiger partial charge in [-0.15, -0.1) is 11.3 Å². The first kappa shape index (κ1) is 16.6. The van der Waals surface area contributed by atoms with Gasteiger partial charge in [0.1, 0.15) is 5.01 Å². The minimum atomic E-state index is -3.19. The van der Waals surface area contributed by atoms with Gasteiger partial charge in [-0.2, -0.15) is 0 Å². The lowest BCUT2D eigenvalue weighted by Gasteiger charge is -2.32. The van der Waals surface area contributed by atoms with Crippen LogP contribution in [0.25, 0.3) is 10.6 Å². The van der Waals surface area contributed by atoms with E-state index in [1.54, 1.807) is 11.3 Å². The summed E-state index contributed by atoms with van der Waals surface area (Å²) >= 11 is 1.63. The number of piperidine rings is 1. The van der Waals surface area contributed by atoms with Crippen molar-refractivity contribution in [3.63, 3.8) is 0 Å². The summed E-state index contributed by atoms with van der Waals surface area (Å²) in [6.07, 6.45) is 3.79. The van der Waals surface area contributed by atoms with Crippen LogP contribution in [0.15, 0.2) is 35.7 Å². The van der Waals surface area contributed by atoms with Crippen molar-refractivity contribution >= 4 is 21.4 Å². The summed E-state index contributed by atoms with van der Waals surface area (Å²) in [7, 11) is -3.19. The molecule has 1 saturated heterocycles. The van der Waals surface area contributed by atoms with Crippen LogP contribution < -0.4 is 10.0 Å².